The summed E-state index contributed by atoms with van der Waals surface area (Å²) in [6.07, 6.45) is 4.96. The summed E-state index contributed by atoms with van der Waals surface area (Å²) in [4.78, 5) is 22.6. The third-order valence-electron chi connectivity index (χ3n) is 4.14. The third kappa shape index (κ3) is 4.52. The van der Waals surface area contributed by atoms with Gasteiger partial charge < -0.3 is 11.1 Å². The van der Waals surface area contributed by atoms with Crippen LogP contribution in [-0.2, 0) is 0 Å². The zero-order valence-corrected chi connectivity index (χ0v) is 14.2. The number of halogens is 1. The van der Waals surface area contributed by atoms with Crippen molar-refractivity contribution in [3.8, 4) is 5.69 Å². The fraction of sp³-hybridized carbons (Fsp3) is 0.400. The summed E-state index contributed by atoms with van der Waals surface area (Å²) < 4.78 is 1.35. The van der Waals surface area contributed by atoms with E-state index in [9.17, 15) is 14.9 Å². The van der Waals surface area contributed by atoms with Gasteiger partial charge in [-0.25, -0.2) is 4.68 Å². The standard InChI is InChI=1S/C15H18N6O3.ClH/c16-10-4-6-11(7-5-10)17-15(22)14-9-20(19-18-14)12-2-1-3-13(8-12)21(23)24;/h1-3,8-11H,4-7,16H2,(H,17,22);1H. The first kappa shape index (κ1) is 18.8. The van der Waals surface area contributed by atoms with Gasteiger partial charge in [-0.1, -0.05) is 11.3 Å². The molecule has 3 rings (SSSR count). The Bertz CT molecular complexity index is 757. The Kier molecular flexibility index (Phi) is 6.05. The van der Waals surface area contributed by atoms with Crippen LogP contribution in [0.5, 0.6) is 0 Å². The van der Waals surface area contributed by atoms with E-state index in [-0.39, 0.29) is 41.8 Å². The summed E-state index contributed by atoms with van der Waals surface area (Å²) in [5.74, 6) is -0.299. The van der Waals surface area contributed by atoms with E-state index >= 15 is 0 Å². The van der Waals surface area contributed by atoms with Crippen molar-refractivity contribution in [2.45, 2.75) is 37.8 Å². The minimum atomic E-state index is -0.484. The lowest BCUT2D eigenvalue weighted by Gasteiger charge is -2.26. The zero-order chi connectivity index (χ0) is 17.1. The fourth-order valence-electron chi connectivity index (χ4n) is 2.77. The van der Waals surface area contributed by atoms with E-state index in [1.807, 2.05) is 0 Å². The molecule has 1 fully saturated rings. The summed E-state index contributed by atoms with van der Waals surface area (Å²) in [5, 5.41) is 21.5. The van der Waals surface area contributed by atoms with Gasteiger partial charge >= 0.3 is 0 Å². The van der Waals surface area contributed by atoms with Gasteiger partial charge in [0.15, 0.2) is 5.69 Å². The molecule has 3 N–H and O–H groups in total. The number of aromatic nitrogens is 3. The molecule has 9 nitrogen and oxygen atoms in total. The highest BCUT2D eigenvalue weighted by Crippen LogP contribution is 2.18. The van der Waals surface area contributed by atoms with E-state index in [4.69, 9.17) is 5.73 Å². The number of rotatable bonds is 4. The van der Waals surface area contributed by atoms with E-state index in [1.54, 1.807) is 12.1 Å². The van der Waals surface area contributed by atoms with Crippen LogP contribution in [0.4, 0.5) is 5.69 Å². The van der Waals surface area contributed by atoms with Gasteiger partial charge in [0.2, 0.25) is 0 Å². The molecule has 0 atom stereocenters. The van der Waals surface area contributed by atoms with Gasteiger partial charge in [-0.2, -0.15) is 0 Å². The zero-order valence-electron chi connectivity index (χ0n) is 13.4. The number of hydrogen-bond acceptors (Lipinski definition) is 6. The third-order valence-corrected chi connectivity index (χ3v) is 4.14. The second-order valence-electron chi connectivity index (χ2n) is 5.91. The predicted octanol–water partition coefficient (Wildman–Crippen LogP) is 1.60. The Morgan fingerprint density at radius 2 is 2.04 bits per heavy atom. The highest BCUT2D eigenvalue weighted by Gasteiger charge is 2.22. The molecule has 0 aliphatic heterocycles. The monoisotopic (exact) mass is 366 g/mol. The number of nitro benzene ring substituents is 1. The van der Waals surface area contributed by atoms with Crippen LogP contribution < -0.4 is 11.1 Å². The van der Waals surface area contributed by atoms with Gasteiger partial charge in [-0.15, -0.1) is 17.5 Å². The molecule has 0 spiro atoms. The Labute approximate surface area is 150 Å². The Morgan fingerprint density at radius 3 is 2.72 bits per heavy atom. The number of nitrogens with zero attached hydrogens (tertiary/aromatic N) is 4. The van der Waals surface area contributed by atoms with E-state index < -0.39 is 4.92 Å². The molecule has 10 heteroatoms. The number of non-ortho nitro benzene ring substituents is 1. The van der Waals surface area contributed by atoms with Crippen molar-refractivity contribution in [1.82, 2.24) is 20.3 Å². The summed E-state index contributed by atoms with van der Waals surface area (Å²) >= 11 is 0. The summed E-state index contributed by atoms with van der Waals surface area (Å²) in [6.45, 7) is 0. The average Bonchev–Trinajstić information content (AvgIpc) is 3.07. The van der Waals surface area contributed by atoms with Gasteiger partial charge in [-0.05, 0) is 31.7 Å². The topological polar surface area (TPSA) is 129 Å². The Morgan fingerprint density at radius 1 is 1.32 bits per heavy atom. The second kappa shape index (κ2) is 8.04. The number of nitro groups is 1. The maximum absolute atomic E-state index is 12.2. The molecule has 0 radical (unpaired) electrons. The maximum atomic E-state index is 12.2. The number of carbonyl (C=O) groups is 1. The van der Waals surface area contributed by atoms with E-state index in [2.05, 4.69) is 15.6 Å². The van der Waals surface area contributed by atoms with Crippen molar-refractivity contribution in [1.29, 1.82) is 0 Å². The second-order valence-corrected chi connectivity index (χ2v) is 5.91. The van der Waals surface area contributed by atoms with Crippen molar-refractivity contribution < 1.29 is 9.72 Å². The molecule has 1 aromatic heterocycles. The number of benzene rings is 1. The molecule has 1 aliphatic rings. The fourth-order valence-corrected chi connectivity index (χ4v) is 2.77. The van der Waals surface area contributed by atoms with Crippen LogP contribution in [0.15, 0.2) is 30.5 Å². The molecule has 1 heterocycles. The lowest BCUT2D eigenvalue weighted by molar-refractivity contribution is -0.384. The van der Waals surface area contributed by atoms with Gasteiger partial charge in [-0.3, -0.25) is 14.9 Å². The molecule has 1 aliphatic carbocycles. The minimum Gasteiger partial charge on any atom is -0.348 e. The minimum absolute atomic E-state index is 0. The predicted molar refractivity (Wildman–Crippen MR) is 93.0 cm³/mol. The summed E-state index contributed by atoms with van der Waals surface area (Å²) in [5.41, 5.74) is 6.45. The highest BCUT2D eigenvalue weighted by molar-refractivity contribution is 5.92. The van der Waals surface area contributed by atoms with E-state index in [1.165, 1.54) is 23.0 Å². The van der Waals surface area contributed by atoms with Crippen molar-refractivity contribution in [2.24, 2.45) is 5.73 Å². The molecule has 0 bridgehead atoms. The first-order chi connectivity index (χ1) is 11.5. The van der Waals surface area contributed by atoms with Crippen LogP contribution in [0.2, 0.25) is 0 Å². The van der Waals surface area contributed by atoms with E-state index in [0.717, 1.165) is 25.7 Å². The van der Waals surface area contributed by atoms with Crippen molar-refractivity contribution in [2.75, 3.05) is 0 Å². The molecule has 1 amide bonds. The van der Waals surface area contributed by atoms with Crippen molar-refractivity contribution in [3.63, 3.8) is 0 Å². The van der Waals surface area contributed by atoms with Crippen molar-refractivity contribution >= 4 is 24.0 Å². The SMILES string of the molecule is Cl.NC1CCC(NC(=O)c2cn(-c3cccc([N+](=O)[O-])c3)nn2)CC1. The van der Waals surface area contributed by atoms with Crippen LogP contribution >= 0.6 is 12.4 Å². The van der Waals surface area contributed by atoms with E-state index in [0.29, 0.717) is 5.69 Å². The molecular weight excluding hydrogens is 348 g/mol. The van der Waals surface area contributed by atoms with Crippen LogP contribution in [0.1, 0.15) is 36.2 Å². The average molecular weight is 367 g/mol. The normalized spacial score (nSPS) is 19.7. The number of hydrogen-bond donors (Lipinski definition) is 2. The molecule has 0 unspecified atom stereocenters. The Balaban J connectivity index is 0.00000225. The van der Waals surface area contributed by atoms with Gasteiger partial charge in [0.25, 0.3) is 11.6 Å². The maximum Gasteiger partial charge on any atom is 0.273 e. The smallest absolute Gasteiger partial charge is 0.273 e. The lowest BCUT2D eigenvalue weighted by atomic mass is 9.92. The molecular formula is C15H19ClN6O3. The Hall–Kier alpha value is -2.52. The quantitative estimate of drug-likeness (QED) is 0.624. The number of amides is 1. The van der Waals surface area contributed by atoms with Gasteiger partial charge in [0, 0.05) is 24.2 Å². The first-order valence-electron chi connectivity index (χ1n) is 7.76. The van der Waals surface area contributed by atoms with Crippen LogP contribution in [0.25, 0.3) is 5.69 Å². The molecule has 2 aromatic rings. The summed E-state index contributed by atoms with van der Waals surface area (Å²) in [7, 11) is 0. The van der Waals surface area contributed by atoms with Gasteiger partial charge in [0.05, 0.1) is 16.8 Å². The molecule has 134 valence electrons. The molecule has 1 saturated carbocycles. The van der Waals surface area contributed by atoms with Crippen LogP contribution in [-0.4, -0.2) is 37.9 Å². The first-order valence-corrected chi connectivity index (χ1v) is 7.76. The molecule has 1 aromatic carbocycles. The number of carbonyl (C=O) groups excluding carboxylic acids is 1. The molecule has 25 heavy (non-hydrogen) atoms. The number of nitrogens with two attached hydrogens (primary N) is 1. The van der Waals surface area contributed by atoms with Gasteiger partial charge in [0.1, 0.15) is 0 Å². The van der Waals surface area contributed by atoms with Crippen LogP contribution in [0, 0.1) is 10.1 Å². The summed E-state index contributed by atoms with van der Waals surface area (Å²) in [6, 6.07) is 6.29. The number of nitrogens with one attached hydrogen (secondary N) is 1. The largest absolute Gasteiger partial charge is 0.348 e. The van der Waals surface area contributed by atoms with Crippen LogP contribution in [0.3, 0.4) is 0 Å². The highest BCUT2D eigenvalue weighted by atomic mass is 35.5. The van der Waals surface area contributed by atoms with Crippen molar-refractivity contribution in [3.05, 3.63) is 46.3 Å². The lowest BCUT2D eigenvalue weighted by Crippen LogP contribution is -2.40. The molecule has 0 saturated heterocycles.